The molecule has 0 unspecified atom stereocenters. The second-order valence-corrected chi connectivity index (χ2v) is 6.56. The lowest BCUT2D eigenvalue weighted by molar-refractivity contribution is 0.592. The van der Waals surface area contributed by atoms with Gasteiger partial charge >= 0.3 is 0 Å². The van der Waals surface area contributed by atoms with Gasteiger partial charge in [-0.05, 0) is 25.8 Å². The Morgan fingerprint density at radius 1 is 1.33 bits per heavy atom. The molecule has 1 aliphatic rings. The standard InChI is InChI=1S/C12H16N6O2S/c1-8-10(7-15-9-3-4-9)11(17-16-8)21(19,20)18-12-13-5-2-6-14-12/h2,5-6,9,15H,3-4,7H2,1H3,(H,16,17)(H,13,14,18). The Hall–Kier alpha value is -2.00. The Bertz CT molecular complexity index is 723. The van der Waals surface area contributed by atoms with Gasteiger partial charge in [-0.25, -0.2) is 14.7 Å². The molecule has 1 aliphatic carbocycles. The zero-order valence-corrected chi connectivity index (χ0v) is 12.3. The topological polar surface area (TPSA) is 113 Å². The van der Waals surface area contributed by atoms with E-state index in [0.717, 1.165) is 18.5 Å². The largest absolute Gasteiger partial charge is 0.310 e. The van der Waals surface area contributed by atoms with E-state index < -0.39 is 10.0 Å². The summed E-state index contributed by atoms with van der Waals surface area (Å²) in [4.78, 5) is 7.71. The lowest BCUT2D eigenvalue weighted by Gasteiger charge is -2.07. The quantitative estimate of drug-likeness (QED) is 0.719. The van der Waals surface area contributed by atoms with Gasteiger partial charge in [-0.1, -0.05) is 0 Å². The number of nitrogens with zero attached hydrogens (tertiary/aromatic N) is 3. The Morgan fingerprint density at radius 3 is 2.71 bits per heavy atom. The zero-order chi connectivity index (χ0) is 14.9. The van der Waals surface area contributed by atoms with Crippen LogP contribution in [0.3, 0.4) is 0 Å². The molecule has 8 nitrogen and oxygen atoms in total. The third kappa shape index (κ3) is 3.19. The molecule has 0 saturated heterocycles. The highest BCUT2D eigenvalue weighted by molar-refractivity contribution is 7.92. The van der Waals surface area contributed by atoms with E-state index in [9.17, 15) is 8.42 Å². The van der Waals surface area contributed by atoms with Crippen LogP contribution in [-0.2, 0) is 16.6 Å². The molecular formula is C12H16N6O2S. The fourth-order valence-electron chi connectivity index (χ4n) is 1.91. The molecule has 3 N–H and O–H groups in total. The maximum atomic E-state index is 12.4. The first-order chi connectivity index (χ1) is 10.1. The van der Waals surface area contributed by atoms with E-state index >= 15 is 0 Å². The molecule has 0 atom stereocenters. The van der Waals surface area contributed by atoms with Crippen LogP contribution in [0, 0.1) is 6.92 Å². The summed E-state index contributed by atoms with van der Waals surface area (Å²) in [6.45, 7) is 2.27. The van der Waals surface area contributed by atoms with Gasteiger partial charge < -0.3 is 5.32 Å². The summed E-state index contributed by atoms with van der Waals surface area (Å²) in [5.74, 6) is 0.0271. The molecule has 0 aliphatic heterocycles. The number of aromatic nitrogens is 4. The average Bonchev–Trinajstić information content (AvgIpc) is 3.20. The molecule has 2 heterocycles. The van der Waals surface area contributed by atoms with Crippen molar-refractivity contribution in [3.05, 3.63) is 29.7 Å². The van der Waals surface area contributed by atoms with Crippen molar-refractivity contribution in [2.45, 2.75) is 37.4 Å². The van der Waals surface area contributed by atoms with E-state index in [1.54, 1.807) is 13.0 Å². The number of H-pyrrole nitrogens is 1. The van der Waals surface area contributed by atoms with Crippen molar-refractivity contribution >= 4 is 16.0 Å². The molecular weight excluding hydrogens is 292 g/mol. The number of aryl methyl sites for hydroxylation is 1. The number of nitrogens with one attached hydrogen (secondary N) is 3. The van der Waals surface area contributed by atoms with Gasteiger partial charge in [-0.3, -0.25) is 5.10 Å². The fourth-order valence-corrected chi connectivity index (χ4v) is 3.07. The van der Waals surface area contributed by atoms with Crippen LogP contribution in [0.25, 0.3) is 0 Å². The van der Waals surface area contributed by atoms with Crippen molar-refractivity contribution in [1.29, 1.82) is 0 Å². The maximum Gasteiger partial charge on any atom is 0.283 e. The van der Waals surface area contributed by atoms with E-state index in [4.69, 9.17) is 0 Å². The second kappa shape index (κ2) is 5.41. The van der Waals surface area contributed by atoms with E-state index in [-0.39, 0.29) is 11.0 Å². The average molecular weight is 308 g/mol. The van der Waals surface area contributed by atoms with Crippen LogP contribution in [0.4, 0.5) is 5.95 Å². The van der Waals surface area contributed by atoms with Crippen LogP contribution in [0.15, 0.2) is 23.5 Å². The van der Waals surface area contributed by atoms with Crippen molar-refractivity contribution in [3.63, 3.8) is 0 Å². The predicted molar refractivity (Wildman–Crippen MR) is 76.0 cm³/mol. The van der Waals surface area contributed by atoms with Crippen LogP contribution in [0.2, 0.25) is 0 Å². The van der Waals surface area contributed by atoms with Crippen molar-refractivity contribution in [3.8, 4) is 0 Å². The van der Waals surface area contributed by atoms with Gasteiger partial charge in [-0.2, -0.15) is 13.5 Å². The van der Waals surface area contributed by atoms with Gasteiger partial charge in [-0.15, -0.1) is 0 Å². The predicted octanol–water partition coefficient (Wildman–Crippen LogP) is 0.561. The molecule has 3 rings (SSSR count). The zero-order valence-electron chi connectivity index (χ0n) is 11.5. The van der Waals surface area contributed by atoms with E-state index in [1.807, 2.05) is 0 Å². The number of anilines is 1. The van der Waals surface area contributed by atoms with Crippen LogP contribution in [0.5, 0.6) is 0 Å². The lowest BCUT2D eigenvalue weighted by atomic mass is 10.2. The molecule has 0 amide bonds. The van der Waals surface area contributed by atoms with Crippen molar-refractivity contribution in [1.82, 2.24) is 25.5 Å². The van der Waals surface area contributed by atoms with Gasteiger partial charge in [0, 0.05) is 36.2 Å². The molecule has 2 aromatic heterocycles. The smallest absolute Gasteiger partial charge is 0.283 e. The summed E-state index contributed by atoms with van der Waals surface area (Å²) in [5.41, 5.74) is 1.38. The SMILES string of the molecule is Cc1[nH]nc(S(=O)(=O)Nc2ncccn2)c1CNC1CC1. The molecule has 9 heteroatoms. The van der Waals surface area contributed by atoms with Crippen LogP contribution in [-0.4, -0.2) is 34.6 Å². The summed E-state index contributed by atoms with van der Waals surface area (Å²) >= 11 is 0. The Balaban J connectivity index is 1.84. The molecule has 0 radical (unpaired) electrons. The number of aromatic amines is 1. The monoisotopic (exact) mass is 308 g/mol. The van der Waals surface area contributed by atoms with Crippen LogP contribution >= 0.6 is 0 Å². The van der Waals surface area contributed by atoms with Crippen molar-refractivity contribution in [2.75, 3.05) is 4.72 Å². The number of sulfonamides is 1. The van der Waals surface area contributed by atoms with Crippen molar-refractivity contribution < 1.29 is 8.42 Å². The highest BCUT2D eigenvalue weighted by Gasteiger charge is 2.27. The van der Waals surface area contributed by atoms with Crippen LogP contribution < -0.4 is 10.0 Å². The molecule has 1 saturated carbocycles. The third-order valence-corrected chi connectivity index (χ3v) is 4.52. The summed E-state index contributed by atoms with van der Waals surface area (Å²) < 4.78 is 27.1. The van der Waals surface area contributed by atoms with Gasteiger partial charge in [0.2, 0.25) is 11.0 Å². The number of hydrogen-bond acceptors (Lipinski definition) is 6. The first-order valence-electron chi connectivity index (χ1n) is 6.63. The lowest BCUT2D eigenvalue weighted by Crippen LogP contribution is -2.21. The van der Waals surface area contributed by atoms with Gasteiger partial charge in [0.25, 0.3) is 10.0 Å². The molecule has 21 heavy (non-hydrogen) atoms. The molecule has 0 aromatic carbocycles. The summed E-state index contributed by atoms with van der Waals surface area (Å²) in [7, 11) is -3.81. The Kier molecular flexibility index (Phi) is 3.60. The number of rotatable bonds is 6. The minimum absolute atomic E-state index is 0.0133. The molecule has 1 fully saturated rings. The first-order valence-corrected chi connectivity index (χ1v) is 8.11. The minimum atomic E-state index is -3.81. The highest BCUT2D eigenvalue weighted by atomic mass is 32.2. The number of hydrogen-bond donors (Lipinski definition) is 3. The van der Waals surface area contributed by atoms with Gasteiger partial charge in [0.05, 0.1) is 0 Å². The maximum absolute atomic E-state index is 12.4. The summed E-state index contributed by atoms with van der Waals surface area (Å²) in [6, 6.07) is 2.10. The van der Waals surface area contributed by atoms with E-state index in [0.29, 0.717) is 18.2 Å². The van der Waals surface area contributed by atoms with E-state index in [2.05, 4.69) is 30.2 Å². The van der Waals surface area contributed by atoms with Gasteiger partial charge in [0.1, 0.15) is 0 Å². The Morgan fingerprint density at radius 2 is 2.05 bits per heavy atom. The van der Waals surface area contributed by atoms with Crippen LogP contribution in [0.1, 0.15) is 24.1 Å². The summed E-state index contributed by atoms with van der Waals surface area (Å²) in [5, 5.41) is 9.91. The second-order valence-electron chi connectivity index (χ2n) is 4.97. The molecule has 2 aromatic rings. The van der Waals surface area contributed by atoms with Crippen molar-refractivity contribution in [2.24, 2.45) is 0 Å². The normalized spacial score (nSPS) is 15.1. The highest BCUT2D eigenvalue weighted by Crippen LogP contribution is 2.22. The molecule has 112 valence electrons. The van der Waals surface area contributed by atoms with E-state index in [1.165, 1.54) is 12.4 Å². The third-order valence-electron chi connectivity index (χ3n) is 3.23. The molecule has 0 bridgehead atoms. The van der Waals surface area contributed by atoms with Gasteiger partial charge in [0.15, 0.2) is 0 Å². The molecule has 0 spiro atoms. The Labute approximate surface area is 122 Å². The fraction of sp³-hybridized carbons (Fsp3) is 0.417. The minimum Gasteiger partial charge on any atom is -0.310 e. The summed E-state index contributed by atoms with van der Waals surface area (Å²) in [6.07, 6.45) is 5.20. The first kappa shape index (κ1) is 14.0.